The van der Waals surface area contributed by atoms with E-state index in [0.717, 1.165) is 47.0 Å². The number of hydrogen-bond donors (Lipinski definition) is 0. The third kappa shape index (κ3) is 4.39. The zero-order chi connectivity index (χ0) is 21.5. The standard InChI is InChI=1S/C21H29N3O4S2/c1-14-11-15(2)19-17(12-14)22-21(29-19)23(13-16-7-6-10-28-16)20(25)18-8-4-5-9-24(18)30(3,26)27/h11-12,16,18H,4-10,13H2,1-3H3. The van der Waals surface area contributed by atoms with Crippen LogP contribution in [0.3, 0.4) is 0 Å². The van der Waals surface area contributed by atoms with Crippen molar-refractivity contribution in [2.75, 3.05) is 30.9 Å². The molecule has 0 saturated carbocycles. The highest BCUT2D eigenvalue weighted by Crippen LogP contribution is 2.34. The molecular formula is C21H29N3O4S2. The summed E-state index contributed by atoms with van der Waals surface area (Å²) in [7, 11) is -3.46. The lowest BCUT2D eigenvalue weighted by molar-refractivity contribution is -0.123. The number of ether oxygens (including phenoxy) is 1. The summed E-state index contributed by atoms with van der Waals surface area (Å²) in [6.07, 6.45) is 5.18. The first-order valence-electron chi connectivity index (χ1n) is 10.5. The van der Waals surface area contributed by atoms with Crippen molar-refractivity contribution in [3.63, 3.8) is 0 Å². The van der Waals surface area contributed by atoms with Gasteiger partial charge >= 0.3 is 0 Å². The van der Waals surface area contributed by atoms with Gasteiger partial charge in [-0.2, -0.15) is 4.31 Å². The number of amides is 1. The molecule has 2 aliphatic rings. The van der Waals surface area contributed by atoms with Gasteiger partial charge in [0.1, 0.15) is 6.04 Å². The second kappa shape index (κ2) is 8.53. The zero-order valence-electron chi connectivity index (χ0n) is 17.8. The fraction of sp³-hybridized carbons (Fsp3) is 0.619. The molecule has 0 radical (unpaired) electrons. The van der Waals surface area contributed by atoms with Crippen molar-refractivity contribution in [1.82, 2.24) is 9.29 Å². The highest BCUT2D eigenvalue weighted by Gasteiger charge is 2.39. The van der Waals surface area contributed by atoms with Gasteiger partial charge in [-0.25, -0.2) is 13.4 Å². The number of aromatic nitrogens is 1. The molecule has 1 aromatic carbocycles. The van der Waals surface area contributed by atoms with Gasteiger partial charge in [0.15, 0.2) is 5.13 Å². The van der Waals surface area contributed by atoms with Crippen molar-refractivity contribution in [3.05, 3.63) is 23.3 Å². The average molecular weight is 452 g/mol. The lowest BCUT2D eigenvalue weighted by Gasteiger charge is -2.35. The van der Waals surface area contributed by atoms with Crippen LogP contribution in [0.15, 0.2) is 12.1 Å². The van der Waals surface area contributed by atoms with Crippen LogP contribution in [-0.2, 0) is 19.6 Å². The number of benzene rings is 1. The minimum atomic E-state index is -3.46. The minimum Gasteiger partial charge on any atom is -0.376 e. The molecule has 2 saturated heterocycles. The quantitative estimate of drug-likeness (QED) is 0.697. The monoisotopic (exact) mass is 451 g/mol. The van der Waals surface area contributed by atoms with Crippen LogP contribution < -0.4 is 4.90 Å². The summed E-state index contributed by atoms with van der Waals surface area (Å²) in [5.74, 6) is -0.191. The highest BCUT2D eigenvalue weighted by atomic mass is 32.2. The second-order valence-corrected chi connectivity index (χ2v) is 11.3. The van der Waals surface area contributed by atoms with Gasteiger partial charge in [-0.15, -0.1) is 0 Å². The number of sulfonamides is 1. The second-order valence-electron chi connectivity index (χ2n) is 8.40. The molecule has 164 valence electrons. The first-order valence-corrected chi connectivity index (χ1v) is 13.2. The van der Waals surface area contributed by atoms with Gasteiger partial charge in [-0.3, -0.25) is 9.69 Å². The van der Waals surface area contributed by atoms with E-state index >= 15 is 0 Å². The SMILES string of the molecule is Cc1cc(C)c2sc(N(CC3CCCO3)C(=O)C3CCCCN3S(C)(=O)=O)nc2c1. The summed E-state index contributed by atoms with van der Waals surface area (Å²) in [5, 5.41) is 0.623. The third-order valence-electron chi connectivity index (χ3n) is 5.88. The van der Waals surface area contributed by atoms with Crippen LogP contribution in [0.1, 0.15) is 43.2 Å². The van der Waals surface area contributed by atoms with E-state index in [1.165, 1.54) is 21.9 Å². The van der Waals surface area contributed by atoms with Gasteiger partial charge in [0.25, 0.3) is 0 Å². The van der Waals surface area contributed by atoms with Crippen LogP contribution in [0.4, 0.5) is 5.13 Å². The van der Waals surface area contributed by atoms with E-state index in [4.69, 9.17) is 9.72 Å². The molecule has 0 bridgehead atoms. The van der Waals surface area contributed by atoms with E-state index in [1.807, 2.05) is 13.0 Å². The minimum absolute atomic E-state index is 0.0425. The number of carbonyl (C=O) groups is 1. The van der Waals surface area contributed by atoms with Gasteiger partial charge in [0.2, 0.25) is 15.9 Å². The van der Waals surface area contributed by atoms with Crippen LogP contribution >= 0.6 is 11.3 Å². The lowest BCUT2D eigenvalue weighted by atomic mass is 10.0. The van der Waals surface area contributed by atoms with E-state index in [9.17, 15) is 13.2 Å². The summed E-state index contributed by atoms with van der Waals surface area (Å²) in [6.45, 7) is 5.58. The molecule has 4 rings (SSSR count). The van der Waals surface area contributed by atoms with Crippen molar-refractivity contribution in [3.8, 4) is 0 Å². The Balaban J connectivity index is 1.72. The van der Waals surface area contributed by atoms with Crippen molar-refractivity contribution < 1.29 is 17.9 Å². The van der Waals surface area contributed by atoms with Crippen LogP contribution in [0.5, 0.6) is 0 Å². The smallest absolute Gasteiger partial charge is 0.247 e. The number of rotatable bonds is 5. The summed E-state index contributed by atoms with van der Waals surface area (Å²) >= 11 is 1.50. The van der Waals surface area contributed by atoms with Gasteiger partial charge < -0.3 is 4.74 Å². The summed E-state index contributed by atoms with van der Waals surface area (Å²) < 4.78 is 32.9. The van der Waals surface area contributed by atoms with Gasteiger partial charge in [-0.1, -0.05) is 23.8 Å². The van der Waals surface area contributed by atoms with Crippen molar-refractivity contribution in [2.24, 2.45) is 0 Å². The molecular weight excluding hydrogens is 422 g/mol. The molecule has 0 N–H and O–H groups in total. The highest BCUT2D eigenvalue weighted by molar-refractivity contribution is 7.88. The molecule has 0 aliphatic carbocycles. The largest absolute Gasteiger partial charge is 0.376 e. The number of aryl methyl sites for hydroxylation is 2. The topological polar surface area (TPSA) is 79.8 Å². The number of anilines is 1. The average Bonchev–Trinajstić information content (AvgIpc) is 3.34. The van der Waals surface area contributed by atoms with Gasteiger partial charge in [-0.05, 0) is 56.7 Å². The normalized spacial score (nSPS) is 23.2. The molecule has 9 heteroatoms. The van der Waals surface area contributed by atoms with Crippen molar-refractivity contribution in [2.45, 2.75) is 58.1 Å². The Morgan fingerprint density at radius 3 is 2.77 bits per heavy atom. The van der Waals surface area contributed by atoms with E-state index in [2.05, 4.69) is 13.0 Å². The van der Waals surface area contributed by atoms with Crippen LogP contribution in [0.25, 0.3) is 10.2 Å². The Labute approximate surface area is 182 Å². The molecule has 2 atom stereocenters. The van der Waals surface area contributed by atoms with E-state index in [0.29, 0.717) is 31.2 Å². The fourth-order valence-corrected chi connectivity index (χ4v) is 6.61. The van der Waals surface area contributed by atoms with Crippen molar-refractivity contribution >= 4 is 42.6 Å². The maximum absolute atomic E-state index is 13.7. The third-order valence-corrected chi connectivity index (χ3v) is 8.40. The summed E-state index contributed by atoms with van der Waals surface area (Å²) in [6, 6.07) is 3.47. The fourth-order valence-electron chi connectivity index (χ4n) is 4.46. The molecule has 2 aliphatic heterocycles. The van der Waals surface area contributed by atoms with E-state index in [1.54, 1.807) is 4.90 Å². The van der Waals surface area contributed by atoms with Gasteiger partial charge in [0, 0.05) is 13.2 Å². The predicted octanol–water partition coefficient (Wildman–Crippen LogP) is 3.24. The Morgan fingerprint density at radius 2 is 2.07 bits per heavy atom. The molecule has 2 fully saturated rings. The first-order chi connectivity index (χ1) is 14.2. The number of nitrogens with zero attached hydrogens (tertiary/aromatic N) is 3. The maximum atomic E-state index is 13.7. The Kier molecular flexibility index (Phi) is 6.16. The molecule has 2 aromatic rings. The molecule has 1 aromatic heterocycles. The van der Waals surface area contributed by atoms with Crippen molar-refractivity contribution in [1.29, 1.82) is 0 Å². The predicted molar refractivity (Wildman–Crippen MR) is 120 cm³/mol. The number of carbonyl (C=O) groups excluding carboxylic acids is 1. The Hall–Kier alpha value is -1.55. The van der Waals surface area contributed by atoms with Crippen LogP contribution in [0.2, 0.25) is 0 Å². The van der Waals surface area contributed by atoms with E-state index < -0.39 is 16.1 Å². The van der Waals surface area contributed by atoms with Gasteiger partial charge in [0.05, 0.1) is 29.1 Å². The molecule has 30 heavy (non-hydrogen) atoms. The first kappa shape index (κ1) is 21.7. The number of hydrogen-bond acceptors (Lipinski definition) is 6. The van der Waals surface area contributed by atoms with Crippen LogP contribution in [-0.4, -0.2) is 61.7 Å². The summed E-state index contributed by atoms with van der Waals surface area (Å²) in [4.78, 5) is 20.2. The maximum Gasteiger partial charge on any atom is 0.247 e. The number of piperidine rings is 1. The molecule has 2 unspecified atom stereocenters. The Bertz CT molecular complexity index is 1040. The zero-order valence-corrected chi connectivity index (χ0v) is 19.4. The lowest BCUT2D eigenvalue weighted by Crippen LogP contribution is -2.54. The Morgan fingerprint density at radius 1 is 1.27 bits per heavy atom. The number of thiazole rings is 1. The molecule has 1 amide bonds. The molecule has 7 nitrogen and oxygen atoms in total. The molecule has 0 spiro atoms. The number of fused-ring (bicyclic) bond motifs is 1. The molecule has 3 heterocycles. The van der Waals surface area contributed by atoms with E-state index in [-0.39, 0.29) is 12.0 Å². The van der Waals surface area contributed by atoms with Crippen LogP contribution in [0, 0.1) is 13.8 Å². The summed E-state index contributed by atoms with van der Waals surface area (Å²) in [5.41, 5.74) is 3.14.